The van der Waals surface area contributed by atoms with Crippen molar-refractivity contribution in [3.05, 3.63) is 112 Å². The van der Waals surface area contributed by atoms with Crippen molar-refractivity contribution in [3.8, 4) is 5.75 Å². The summed E-state index contributed by atoms with van der Waals surface area (Å²) in [6.45, 7) is 4.17. The smallest absolute Gasteiger partial charge is 0.252 e. The fourth-order valence-corrected chi connectivity index (χ4v) is 4.74. The third-order valence-electron chi connectivity index (χ3n) is 6.05. The Morgan fingerprint density at radius 2 is 1.87 bits per heavy atom. The average molecular weight is 585 g/mol. The minimum atomic E-state index is -1.43. The second-order valence-corrected chi connectivity index (χ2v) is 9.62. The Bertz CT molecular complexity index is 1310. The fourth-order valence-electron chi connectivity index (χ4n) is 4.25. The van der Waals surface area contributed by atoms with Gasteiger partial charge in [0.1, 0.15) is 17.4 Å². The highest BCUT2D eigenvalue weighted by atomic mass is 79.9. The van der Waals surface area contributed by atoms with Crippen molar-refractivity contribution in [2.24, 2.45) is 4.99 Å². The van der Waals surface area contributed by atoms with Crippen molar-refractivity contribution in [2.75, 3.05) is 13.2 Å². The Morgan fingerprint density at radius 3 is 2.53 bits per heavy atom. The first-order valence-electron chi connectivity index (χ1n) is 12.1. The van der Waals surface area contributed by atoms with E-state index in [-0.39, 0.29) is 31.0 Å². The van der Waals surface area contributed by atoms with Crippen LogP contribution in [-0.4, -0.2) is 35.7 Å². The normalized spacial score (nSPS) is 18.4. The number of halogens is 3. The summed E-state index contributed by atoms with van der Waals surface area (Å²) in [5.74, 6) is -1.03. The van der Waals surface area contributed by atoms with Crippen molar-refractivity contribution in [2.45, 2.75) is 31.0 Å². The summed E-state index contributed by atoms with van der Waals surface area (Å²) < 4.78 is 40.1. The molecule has 2 atom stereocenters. The topological polar surface area (TPSA) is 80.2 Å². The Hall–Kier alpha value is -3.56. The second-order valence-electron chi connectivity index (χ2n) is 8.76. The molecule has 2 N–H and O–H groups in total. The van der Waals surface area contributed by atoms with E-state index in [1.54, 1.807) is 30.3 Å². The van der Waals surface area contributed by atoms with Gasteiger partial charge in [-0.2, -0.15) is 0 Å². The number of aliphatic hydroxyl groups is 1. The van der Waals surface area contributed by atoms with Crippen molar-refractivity contribution in [1.29, 1.82) is 0 Å². The van der Waals surface area contributed by atoms with Gasteiger partial charge in [-0.15, -0.1) is 6.58 Å². The van der Waals surface area contributed by atoms with Crippen molar-refractivity contribution >= 4 is 27.7 Å². The molecule has 198 valence electrons. The zero-order chi connectivity index (χ0) is 27.1. The monoisotopic (exact) mass is 584 g/mol. The van der Waals surface area contributed by atoms with Gasteiger partial charge >= 0.3 is 0 Å². The van der Waals surface area contributed by atoms with E-state index in [1.807, 2.05) is 24.3 Å². The number of hydrogen-bond donors (Lipinski definition) is 2. The maximum atomic E-state index is 13.8. The minimum absolute atomic E-state index is 0.0424. The molecule has 1 aliphatic rings. The van der Waals surface area contributed by atoms with Crippen LogP contribution in [0.25, 0.3) is 0 Å². The molecule has 1 amide bonds. The number of carbonyl (C=O) groups is 1. The van der Waals surface area contributed by atoms with E-state index in [2.05, 4.69) is 27.8 Å². The molecule has 3 aromatic rings. The molecular weight excluding hydrogens is 558 g/mol. The van der Waals surface area contributed by atoms with E-state index in [0.717, 1.165) is 10.5 Å². The van der Waals surface area contributed by atoms with Crippen LogP contribution in [0.2, 0.25) is 0 Å². The summed E-state index contributed by atoms with van der Waals surface area (Å²) in [7, 11) is 0. The van der Waals surface area contributed by atoms with Crippen LogP contribution in [0.1, 0.15) is 35.6 Å². The molecule has 0 unspecified atom stereocenters. The molecule has 4 rings (SSSR count). The highest BCUT2D eigenvalue weighted by Crippen LogP contribution is 2.44. The van der Waals surface area contributed by atoms with Crippen LogP contribution >= 0.6 is 15.9 Å². The fraction of sp³-hybridized carbons (Fsp3) is 0.241. The maximum absolute atomic E-state index is 13.8. The van der Waals surface area contributed by atoms with Crippen LogP contribution in [0.3, 0.4) is 0 Å². The molecule has 0 saturated heterocycles. The van der Waals surface area contributed by atoms with Crippen LogP contribution in [0.5, 0.6) is 5.75 Å². The lowest BCUT2D eigenvalue weighted by molar-refractivity contribution is -0.129. The average Bonchev–Trinajstić information content (AvgIpc) is 3.28. The van der Waals surface area contributed by atoms with E-state index < -0.39 is 29.2 Å². The number of carbonyl (C=O) groups excluding carboxylic acids is 1. The second kappa shape index (κ2) is 12.3. The van der Waals surface area contributed by atoms with Crippen LogP contribution < -0.4 is 10.1 Å². The molecule has 0 bridgehead atoms. The van der Waals surface area contributed by atoms with Crippen LogP contribution in [-0.2, 0) is 16.1 Å². The molecule has 6 nitrogen and oxygen atoms in total. The number of aliphatic imine (C=N–C) groups is 1. The van der Waals surface area contributed by atoms with E-state index in [9.17, 15) is 13.6 Å². The number of ether oxygens (including phenoxy) is 2. The first kappa shape index (κ1) is 27.5. The minimum Gasteiger partial charge on any atom is -0.494 e. The zero-order valence-electron chi connectivity index (χ0n) is 20.5. The molecule has 1 aliphatic heterocycles. The number of rotatable bonds is 11. The lowest BCUT2D eigenvalue weighted by Gasteiger charge is -2.30. The van der Waals surface area contributed by atoms with E-state index >= 15 is 0 Å². The molecule has 0 saturated carbocycles. The SMILES string of the molecule is C=CC[C@@]1(C(=O)NCc2cc(F)cc(F)c2)N=C(c2ccc(OCCCO)cc2)O[C@@H]1c1ccccc1Br. The first-order valence-corrected chi connectivity index (χ1v) is 12.8. The highest BCUT2D eigenvalue weighted by Gasteiger charge is 2.52. The number of hydrogen-bond acceptors (Lipinski definition) is 5. The molecule has 0 spiro atoms. The summed E-state index contributed by atoms with van der Waals surface area (Å²) in [5, 5.41) is 11.7. The van der Waals surface area contributed by atoms with E-state index in [0.29, 0.717) is 29.9 Å². The zero-order valence-corrected chi connectivity index (χ0v) is 22.1. The molecule has 9 heteroatoms. The van der Waals surface area contributed by atoms with Gasteiger partial charge in [0.05, 0.1) is 6.61 Å². The standard InChI is InChI=1S/C29H27BrF2N2O4/c1-2-12-29(28(36)33-18-19-15-21(31)17-22(32)16-19)26(24-6-3-4-7-25(24)30)38-27(34-29)20-8-10-23(11-9-20)37-14-5-13-35/h2-4,6-11,15-17,26,35H,1,5,12-14,18H2,(H,33,36)/t26-,29-/m1/s1. The Labute approximate surface area is 228 Å². The van der Waals surface area contributed by atoms with Gasteiger partial charge in [-0.1, -0.05) is 40.2 Å². The predicted octanol–water partition coefficient (Wildman–Crippen LogP) is 5.64. The molecular formula is C29H27BrF2N2O4. The number of benzene rings is 3. The lowest BCUT2D eigenvalue weighted by atomic mass is 9.84. The van der Waals surface area contributed by atoms with E-state index in [1.165, 1.54) is 12.1 Å². The highest BCUT2D eigenvalue weighted by molar-refractivity contribution is 9.10. The Balaban J connectivity index is 1.68. The predicted molar refractivity (Wildman–Crippen MR) is 144 cm³/mol. The van der Waals surface area contributed by atoms with Gasteiger partial charge in [-0.25, -0.2) is 13.8 Å². The van der Waals surface area contributed by atoms with Gasteiger partial charge in [0.15, 0.2) is 11.6 Å². The van der Waals surface area contributed by atoms with Gasteiger partial charge in [-0.05, 0) is 48.0 Å². The first-order chi connectivity index (χ1) is 18.4. The maximum Gasteiger partial charge on any atom is 0.252 e. The van der Waals surface area contributed by atoms with Crippen molar-refractivity contribution in [1.82, 2.24) is 5.32 Å². The quantitative estimate of drug-likeness (QED) is 0.226. The molecule has 0 fully saturated rings. The summed E-state index contributed by atoms with van der Waals surface area (Å²) in [6.07, 6.45) is 1.45. The summed E-state index contributed by atoms with van der Waals surface area (Å²) in [6, 6.07) is 17.6. The molecule has 0 radical (unpaired) electrons. The number of amides is 1. The molecule has 0 aliphatic carbocycles. The number of aliphatic hydroxyl groups excluding tert-OH is 1. The summed E-state index contributed by atoms with van der Waals surface area (Å²) in [4.78, 5) is 18.6. The van der Waals surface area contributed by atoms with Crippen LogP contribution in [0.15, 0.2) is 88.9 Å². The molecule has 38 heavy (non-hydrogen) atoms. The molecule has 1 heterocycles. The summed E-state index contributed by atoms with van der Waals surface area (Å²) >= 11 is 3.56. The van der Waals surface area contributed by atoms with Gasteiger partial charge in [0, 0.05) is 47.7 Å². The van der Waals surface area contributed by atoms with Crippen molar-refractivity contribution < 1.29 is 28.2 Å². The van der Waals surface area contributed by atoms with Gasteiger partial charge < -0.3 is 19.9 Å². The van der Waals surface area contributed by atoms with Gasteiger partial charge in [0.2, 0.25) is 5.90 Å². The third-order valence-corrected chi connectivity index (χ3v) is 6.77. The van der Waals surface area contributed by atoms with Gasteiger partial charge in [-0.3, -0.25) is 4.79 Å². The molecule has 0 aromatic heterocycles. The Morgan fingerprint density at radius 1 is 1.16 bits per heavy atom. The van der Waals surface area contributed by atoms with E-state index in [4.69, 9.17) is 19.6 Å². The van der Waals surface area contributed by atoms with Crippen molar-refractivity contribution in [3.63, 3.8) is 0 Å². The molecule has 3 aromatic carbocycles. The number of nitrogens with zero attached hydrogens (tertiary/aromatic N) is 1. The van der Waals surface area contributed by atoms with Crippen LogP contribution in [0.4, 0.5) is 8.78 Å². The summed E-state index contributed by atoms with van der Waals surface area (Å²) in [5.41, 5.74) is 0.205. The largest absolute Gasteiger partial charge is 0.494 e. The van der Waals surface area contributed by atoms with Gasteiger partial charge in [0.25, 0.3) is 5.91 Å². The lowest BCUT2D eigenvalue weighted by Crippen LogP contribution is -2.47. The van der Waals surface area contributed by atoms with Crippen LogP contribution in [0, 0.1) is 11.6 Å². The third kappa shape index (κ3) is 6.11. The Kier molecular flexibility index (Phi) is 8.91. The number of nitrogens with one attached hydrogen (secondary N) is 1.